The highest BCUT2D eigenvalue weighted by molar-refractivity contribution is 5.72. The quantitative estimate of drug-likeness (QED) is 0.475. The number of imidazole rings is 1. The molecule has 2 heterocycles. The monoisotopic (exact) mass is 420 g/mol. The lowest BCUT2D eigenvalue weighted by Crippen LogP contribution is -2.40. The van der Waals surface area contributed by atoms with Gasteiger partial charge in [0.2, 0.25) is 0 Å². The van der Waals surface area contributed by atoms with Crippen molar-refractivity contribution in [2.45, 2.75) is 40.3 Å². The normalized spacial score (nSPS) is 11.5. The molecule has 0 saturated heterocycles. The number of hydrogen-bond acceptors (Lipinski definition) is 3. The zero-order chi connectivity index (χ0) is 22.1. The van der Waals surface area contributed by atoms with Crippen LogP contribution in [0.1, 0.15) is 31.4 Å². The Kier molecular flexibility index (Phi) is 5.59. The summed E-state index contributed by atoms with van der Waals surface area (Å²) in [5.41, 5.74) is 1.88. The van der Waals surface area contributed by atoms with Gasteiger partial charge in [0.25, 0.3) is 5.56 Å². The fourth-order valence-corrected chi connectivity index (χ4v) is 3.62. The maximum atomic E-state index is 14.2. The van der Waals surface area contributed by atoms with Gasteiger partial charge in [-0.25, -0.2) is 18.7 Å². The van der Waals surface area contributed by atoms with E-state index in [1.54, 1.807) is 22.8 Å². The van der Waals surface area contributed by atoms with Gasteiger partial charge in [0.05, 0.1) is 18.6 Å². The Morgan fingerprint density at radius 3 is 2.42 bits per heavy atom. The van der Waals surface area contributed by atoms with Gasteiger partial charge in [0, 0.05) is 12.1 Å². The van der Waals surface area contributed by atoms with Gasteiger partial charge >= 0.3 is 5.69 Å². The average molecular weight is 420 g/mol. The zero-order valence-corrected chi connectivity index (χ0v) is 17.9. The molecule has 2 aromatic carbocycles. The summed E-state index contributed by atoms with van der Waals surface area (Å²) in [7, 11) is 0. The molecule has 0 radical (unpaired) electrons. The molecule has 0 aliphatic heterocycles. The number of halogens is 1. The summed E-state index contributed by atoms with van der Waals surface area (Å²) in [6, 6.07) is 13.9. The van der Waals surface area contributed by atoms with Crippen LogP contribution in [0.3, 0.4) is 0 Å². The van der Waals surface area contributed by atoms with E-state index in [1.807, 2.05) is 45.0 Å². The number of aromatic nitrogens is 4. The fourth-order valence-electron chi connectivity index (χ4n) is 3.62. The predicted octanol–water partition coefficient (Wildman–Crippen LogP) is 3.89. The molecule has 0 spiro atoms. The minimum Gasteiger partial charge on any atom is -0.320 e. The van der Waals surface area contributed by atoms with Crippen LogP contribution in [0.2, 0.25) is 0 Å². The molecule has 0 bridgehead atoms. The van der Waals surface area contributed by atoms with Crippen molar-refractivity contribution < 1.29 is 4.39 Å². The summed E-state index contributed by atoms with van der Waals surface area (Å²) in [5, 5.41) is 0. The first-order valence-electron chi connectivity index (χ1n) is 10.4. The molecule has 4 rings (SSSR count). The number of benzene rings is 2. The molecule has 160 valence electrons. The Hall–Kier alpha value is -3.48. The van der Waals surface area contributed by atoms with E-state index >= 15 is 0 Å². The molecule has 0 aliphatic carbocycles. The van der Waals surface area contributed by atoms with Crippen LogP contribution in [0.15, 0.2) is 64.4 Å². The van der Waals surface area contributed by atoms with Crippen LogP contribution < -0.4 is 11.2 Å². The molecule has 0 unspecified atom stereocenters. The van der Waals surface area contributed by atoms with E-state index in [2.05, 4.69) is 4.98 Å². The number of hydrogen-bond donors (Lipinski definition) is 0. The van der Waals surface area contributed by atoms with Crippen LogP contribution in [0.25, 0.3) is 16.9 Å². The second-order valence-electron chi connectivity index (χ2n) is 8.23. The minimum absolute atomic E-state index is 0.148. The molecule has 6 nitrogen and oxygen atoms in total. The third kappa shape index (κ3) is 3.95. The Bertz CT molecular complexity index is 1350. The predicted molar refractivity (Wildman–Crippen MR) is 119 cm³/mol. The van der Waals surface area contributed by atoms with Crippen molar-refractivity contribution in [3.8, 4) is 5.69 Å². The summed E-state index contributed by atoms with van der Waals surface area (Å²) in [4.78, 5) is 31.1. The van der Waals surface area contributed by atoms with Crippen molar-refractivity contribution in [3.63, 3.8) is 0 Å². The highest BCUT2D eigenvalue weighted by Gasteiger charge is 2.20. The van der Waals surface area contributed by atoms with Crippen molar-refractivity contribution in [2.75, 3.05) is 0 Å². The van der Waals surface area contributed by atoms with E-state index in [-0.39, 0.29) is 23.5 Å². The first-order chi connectivity index (χ1) is 14.9. The maximum absolute atomic E-state index is 14.2. The summed E-state index contributed by atoms with van der Waals surface area (Å²) in [6.45, 7) is 6.51. The Labute approximate surface area is 179 Å². The number of rotatable bonds is 6. The molecule has 0 N–H and O–H groups in total. The van der Waals surface area contributed by atoms with Gasteiger partial charge in [-0.2, -0.15) is 0 Å². The number of fused-ring (bicyclic) bond motifs is 1. The SMILES string of the molecule is Cc1ccc(-n2c(=O)n(CCC(C)C)c(=O)c3c2ncn3Cc2ccccc2F)cc1. The van der Waals surface area contributed by atoms with Gasteiger partial charge < -0.3 is 4.57 Å². The van der Waals surface area contributed by atoms with Crippen molar-refractivity contribution in [1.29, 1.82) is 0 Å². The van der Waals surface area contributed by atoms with E-state index in [1.165, 1.54) is 21.5 Å². The highest BCUT2D eigenvalue weighted by Crippen LogP contribution is 2.16. The van der Waals surface area contributed by atoms with Crippen LogP contribution in [-0.2, 0) is 13.1 Å². The lowest BCUT2D eigenvalue weighted by atomic mass is 10.1. The smallest absolute Gasteiger partial charge is 0.320 e. The van der Waals surface area contributed by atoms with Crippen LogP contribution >= 0.6 is 0 Å². The zero-order valence-electron chi connectivity index (χ0n) is 17.9. The molecule has 0 fully saturated rings. The molecule has 0 amide bonds. The average Bonchev–Trinajstić information content (AvgIpc) is 3.14. The summed E-state index contributed by atoms with van der Waals surface area (Å²) in [5.74, 6) is -0.0190. The molecule has 0 aliphatic rings. The first kappa shape index (κ1) is 20.8. The van der Waals surface area contributed by atoms with E-state index in [9.17, 15) is 14.0 Å². The van der Waals surface area contributed by atoms with Crippen molar-refractivity contribution in [3.05, 3.63) is 92.6 Å². The van der Waals surface area contributed by atoms with Crippen LogP contribution in [0.5, 0.6) is 0 Å². The molecule has 0 saturated carbocycles. The van der Waals surface area contributed by atoms with Gasteiger partial charge in [-0.15, -0.1) is 0 Å². The minimum atomic E-state index is -0.418. The fraction of sp³-hybridized carbons (Fsp3) is 0.292. The molecule has 4 aromatic rings. The molecule has 7 heteroatoms. The van der Waals surface area contributed by atoms with Gasteiger partial charge in [0.15, 0.2) is 11.2 Å². The summed E-state index contributed by atoms with van der Waals surface area (Å²) < 4.78 is 18.6. The second kappa shape index (κ2) is 8.34. The molecule has 31 heavy (non-hydrogen) atoms. The van der Waals surface area contributed by atoms with E-state index in [4.69, 9.17) is 0 Å². The van der Waals surface area contributed by atoms with Crippen molar-refractivity contribution >= 4 is 11.2 Å². The molecular formula is C24H25FN4O2. The topological polar surface area (TPSA) is 61.8 Å². The summed E-state index contributed by atoms with van der Waals surface area (Å²) >= 11 is 0. The van der Waals surface area contributed by atoms with Crippen LogP contribution in [-0.4, -0.2) is 18.7 Å². The highest BCUT2D eigenvalue weighted by atomic mass is 19.1. The molecule has 0 atom stereocenters. The van der Waals surface area contributed by atoms with Gasteiger partial charge in [0.1, 0.15) is 5.82 Å². The van der Waals surface area contributed by atoms with Gasteiger partial charge in [-0.3, -0.25) is 9.36 Å². The Morgan fingerprint density at radius 1 is 1.03 bits per heavy atom. The Morgan fingerprint density at radius 2 is 1.74 bits per heavy atom. The van der Waals surface area contributed by atoms with E-state index in [0.29, 0.717) is 30.1 Å². The first-order valence-corrected chi connectivity index (χ1v) is 10.4. The lowest BCUT2D eigenvalue weighted by Gasteiger charge is -2.14. The number of aryl methyl sites for hydroxylation is 1. The van der Waals surface area contributed by atoms with E-state index < -0.39 is 11.2 Å². The molecule has 2 aromatic heterocycles. The van der Waals surface area contributed by atoms with Crippen molar-refractivity contribution in [2.24, 2.45) is 5.92 Å². The third-order valence-corrected chi connectivity index (χ3v) is 5.42. The standard InChI is InChI=1S/C24H25FN4O2/c1-16(2)12-13-28-23(30)21-22(29(24(28)31)19-10-8-17(3)9-11-19)26-15-27(21)14-18-6-4-5-7-20(18)25/h4-11,15-16H,12-14H2,1-3H3. The maximum Gasteiger partial charge on any atom is 0.337 e. The van der Waals surface area contributed by atoms with Crippen LogP contribution in [0, 0.1) is 18.7 Å². The van der Waals surface area contributed by atoms with Crippen LogP contribution in [0.4, 0.5) is 4.39 Å². The second-order valence-corrected chi connectivity index (χ2v) is 8.23. The Balaban J connectivity index is 1.97. The van der Waals surface area contributed by atoms with Crippen molar-refractivity contribution in [1.82, 2.24) is 18.7 Å². The van der Waals surface area contributed by atoms with Gasteiger partial charge in [-0.1, -0.05) is 49.7 Å². The van der Waals surface area contributed by atoms with E-state index in [0.717, 1.165) is 5.56 Å². The third-order valence-electron chi connectivity index (χ3n) is 5.42. The van der Waals surface area contributed by atoms with Gasteiger partial charge in [-0.05, 0) is 37.5 Å². The molecular weight excluding hydrogens is 395 g/mol. The number of nitrogens with zero attached hydrogens (tertiary/aromatic N) is 4. The lowest BCUT2D eigenvalue weighted by molar-refractivity contribution is 0.491. The largest absolute Gasteiger partial charge is 0.337 e. The summed E-state index contributed by atoms with van der Waals surface area (Å²) in [6.07, 6.45) is 2.19.